The number of nitrogens with zero attached hydrogens (tertiary/aromatic N) is 1. The average Bonchev–Trinajstić information content (AvgIpc) is 2.91. The van der Waals surface area contributed by atoms with Gasteiger partial charge in [0.15, 0.2) is 0 Å². The predicted octanol–water partition coefficient (Wildman–Crippen LogP) is 6.60. The molecular formula is C33H46N2O4. The molecular weight excluding hydrogens is 488 g/mol. The number of nitrogens with one attached hydrogen (secondary N) is 1. The van der Waals surface area contributed by atoms with Gasteiger partial charge in [0, 0.05) is 13.1 Å². The van der Waals surface area contributed by atoms with Gasteiger partial charge in [0.05, 0.1) is 13.7 Å². The first-order chi connectivity index (χ1) is 18.6. The Kier molecular flexibility index (Phi) is 8.93. The molecule has 3 atom stereocenters. The van der Waals surface area contributed by atoms with Crippen LogP contribution in [-0.2, 0) is 27.9 Å². The van der Waals surface area contributed by atoms with Gasteiger partial charge in [0.1, 0.15) is 12.3 Å². The fourth-order valence-corrected chi connectivity index (χ4v) is 7.25. The van der Waals surface area contributed by atoms with Crippen LogP contribution >= 0.6 is 0 Å². The molecule has 0 saturated heterocycles. The van der Waals surface area contributed by atoms with Crippen LogP contribution in [0.4, 0.5) is 4.79 Å². The monoisotopic (exact) mass is 534 g/mol. The topological polar surface area (TPSA) is 67.9 Å². The molecule has 0 aliphatic heterocycles. The van der Waals surface area contributed by atoms with E-state index < -0.39 is 5.97 Å². The van der Waals surface area contributed by atoms with Crippen LogP contribution in [0, 0.1) is 11.3 Å². The number of carbonyl (C=O) groups is 2. The molecule has 1 fully saturated rings. The molecule has 39 heavy (non-hydrogen) atoms. The van der Waals surface area contributed by atoms with Crippen LogP contribution in [-0.4, -0.2) is 43.7 Å². The number of benzene rings is 2. The van der Waals surface area contributed by atoms with E-state index in [1.54, 1.807) is 14.0 Å². The fourth-order valence-electron chi connectivity index (χ4n) is 7.25. The van der Waals surface area contributed by atoms with Gasteiger partial charge >= 0.3 is 12.0 Å². The summed E-state index contributed by atoms with van der Waals surface area (Å²) in [5.41, 5.74) is 5.49. The van der Waals surface area contributed by atoms with E-state index >= 15 is 0 Å². The van der Waals surface area contributed by atoms with Crippen LogP contribution in [0.3, 0.4) is 0 Å². The minimum Gasteiger partial charge on any atom is -0.497 e. The molecule has 0 bridgehead atoms. The van der Waals surface area contributed by atoms with Crippen LogP contribution in [0.15, 0.2) is 42.5 Å². The molecule has 0 spiro atoms. The second-order valence-corrected chi connectivity index (χ2v) is 12.3. The Morgan fingerprint density at radius 1 is 1.10 bits per heavy atom. The quantitative estimate of drug-likeness (QED) is 0.368. The number of carbonyl (C=O) groups excluding carboxylic acids is 2. The molecule has 6 heteroatoms. The maximum atomic E-state index is 13.5. The minimum absolute atomic E-state index is 0.0465. The van der Waals surface area contributed by atoms with Gasteiger partial charge in [0.25, 0.3) is 0 Å². The molecule has 1 N–H and O–H groups in total. The van der Waals surface area contributed by atoms with Crippen molar-refractivity contribution in [3.8, 4) is 5.75 Å². The van der Waals surface area contributed by atoms with Crippen molar-refractivity contribution in [1.29, 1.82) is 0 Å². The lowest BCUT2D eigenvalue weighted by Crippen LogP contribution is -2.55. The highest BCUT2D eigenvalue weighted by molar-refractivity contribution is 5.80. The SMILES string of the molecule is CCOC(=O)CNC(=O)N(Cc1ccc(OC)cc1)CC1(C)CCCC2(C)c3ccc(C(C)C)cc3CCC12. The molecule has 2 aromatic carbocycles. The molecule has 0 aromatic heterocycles. The number of rotatable bonds is 9. The van der Waals surface area contributed by atoms with E-state index in [1.807, 2.05) is 29.2 Å². The van der Waals surface area contributed by atoms with E-state index in [4.69, 9.17) is 9.47 Å². The summed E-state index contributed by atoms with van der Waals surface area (Å²) in [4.78, 5) is 27.4. The van der Waals surface area contributed by atoms with Gasteiger partial charge in [-0.05, 0) is 89.7 Å². The van der Waals surface area contributed by atoms with Crippen molar-refractivity contribution in [3.05, 3.63) is 64.7 Å². The molecule has 0 radical (unpaired) electrons. The van der Waals surface area contributed by atoms with E-state index in [1.165, 1.54) is 23.1 Å². The van der Waals surface area contributed by atoms with E-state index in [9.17, 15) is 9.59 Å². The molecule has 3 unspecified atom stereocenters. The Bertz CT molecular complexity index is 1160. The van der Waals surface area contributed by atoms with Gasteiger partial charge < -0.3 is 19.7 Å². The van der Waals surface area contributed by atoms with Crippen LogP contribution < -0.4 is 10.1 Å². The third-order valence-electron chi connectivity index (χ3n) is 9.23. The molecule has 2 aliphatic rings. The lowest BCUT2D eigenvalue weighted by Gasteiger charge is -2.56. The van der Waals surface area contributed by atoms with E-state index in [0.717, 1.165) is 37.0 Å². The van der Waals surface area contributed by atoms with Crippen LogP contribution in [0.5, 0.6) is 5.75 Å². The Morgan fingerprint density at radius 2 is 1.85 bits per heavy atom. The lowest BCUT2D eigenvalue weighted by atomic mass is 9.49. The Labute approximate surface area is 234 Å². The van der Waals surface area contributed by atoms with Gasteiger partial charge in [-0.25, -0.2) is 4.79 Å². The Balaban J connectivity index is 1.60. The number of esters is 1. The zero-order valence-electron chi connectivity index (χ0n) is 24.6. The summed E-state index contributed by atoms with van der Waals surface area (Å²) < 4.78 is 10.4. The van der Waals surface area contributed by atoms with Gasteiger partial charge in [-0.1, -0.05) is 64.4 Å². The van der Waals surface area contributed by atoms with Crippen LogP contribution in [0.2, 0.25) is 0 Å². The minimum atomic E-state index is -0.420. The first-order valence-corrected chi connectivity index (χ1v) is 14.5. The maximum absolute atomic E-state index is 13.5. The van der Waals surface area contributed by atoms with Gasteiger partial charge in [0.2, 0.25) is 0 Å². The van der Waals surface area contributed by atoms with E-state index in [-0.39, 0.29) is 23.4 Å². The summed E-state index contributed by atoms with van der Waals surface area (Å²) in [6, 6.07) is 14.8. The van der Waals surface area contributed by atoms with Crippen molar-refractivity contribution in [3.63, 3.8) is 0 Å². The summed E-state index contributed by atoms with van der Waals surface area (Å²) in [5, 5.41) is 2.82. The molecule has 0 heterocycles. The highest BCUT2D eigenvalue weighted by Gasteiger charge is 2.52. The van der Waals surface area contributed by atoms with Crippen molar-refractivity contribution in [1.82, 2.24) is 10.2 Å². The molecule has 2 amide bonds. The summed E-state index contributed by atoms with van der Waals surface area (Å²) in [7, 11) is 1.65. The molecule has 212 valence electrons. The third-order valence-corrected chi connectivity index (χ3v) is 9.23. The van der Waals surface area contributed by atoms with Gasteiger partial charge in [-0.2, -0.15) is 0 Å². The van der Waals surface area contributed by atoms with Crippen molar-refractivity contribution in [2.75, 3.05) is 26.8 Å². The molecule has 6 nitrogen and oxygen atoms in total. The van der Waals surface area contributed by atoms with Crippen LogP contribution in [0.25, 0.3) is 0 Å². The number of fused-ring (bicyclic) bond motifs is 3. The number of urea groups is 1. The highest BCUT2D eigenvalue weighted by atomic mass is 16.5. The first-order valence-electron chi connectivity index (χ1n) is 14.5. The number of amides is 2. The smallest absolute Gasteiger partial charge is 0.325 e. The first kappa shape index (κ1) is 29.0. The number of methoxy groups -OCH3 is 1. The predicted molar refractivity (Wildman–Crippen MR) is 155 cm³/mol. The van der Waals surface area contributed by atoms with E-state index in [2.05, 4.69) is 51.2 Å². The molecule has 4 rings (SSSR count). The fraction of sp³-hybridized carbons (Fsp3) is 0.576. The summed E-state index contributed by atoms with van der Waals surface area (Å²) in [5.74, 6) is 1.36. The largest absolute Gasteiger partial charge is 0.497 e. The second-order valence-electron chi connectivity index (χ2n) is 12.3. The van der Waals surface area contributed by atoms with E-state index in [0.29, 0.717) is 31.5 Å². The van der Waals surface area contributed by atoms with Crippen molar-refractivity contribution >= 4 is 12.0 Å². The van der Waals surface area contributed by atoms with Gasteiger partial charge in [-0.3, -0.25) is 4.79 Å². The molecule has 1 saturated carbocycles. The summed E-state index contributed by atoms with van der Waals surface area (Å²) >= 11 is 0. The number of hydrogen-bond donors (Lipinski definition) is 1. The summed E-state index contributed by atoms with van der Waals surface area (Å²) in [6.45, 7) is 12.4. The van der Waals surface area contributed by atoms with Crippen LogP contribution in [0.1, 0.15) is 88.5 Å². The van der Waals surface area contributed by atoms with Crippen molar-refractivity contribution in [2.24, 2.45) is 11.3 Å². The molecule has 2 aromatic rings. The number of hydrogen-bond acceptors (Lipinski definition) is 4. The zero-order valence-corrected chi connectivity index (χ0v) is 24.6. The maximum Gasteiger partial charge on any atom is 0.325 e. The Morgan fingerprint density at radius 3 is 2.51 bits per heavy atom. The third kappa shape index (κ3) is 6.26. The standard InChI is InChI=1S/C33H46N2O4/c1-7-39-30(36)20-34-31(37)35(21-24-9-13-27(38-6)14-10-24)22-32(4)17-8-18-33(5)28-15-11-25(23(2)3)19-26(28)12-16-29(32)33/h9-11,13-15,19,23,29H,7-8,12,16-18,20-22H2,1-6H3,(H,34,37). The highest BCUT2D eigenvalue weighted by Crippen LogP contribution is 2.57. The normalized spacial score (nSPS) is 23.9. The second kappa shape index (κ2) is 12.0. The van der Waals surface area contributed by atoms with Gasteiger partial charge in [-0.15, -0.1) is 0 Å². The Hall–Kier alpha value is -3.02. The number of ether oxygens (including phenoxy) is 2. The van der Waals surface area contributed by atoms with Crippen molar-refractivity contribution in [2.45, 2.75) is 84.6 Å². The number of aryl methyl sites for hydroxylation is 1. The lowest BCUT2D eigenvalue weighted by molar-refractivity contribution is -0.141. The van der Waals surface area contributed by atoms with Crippen molar-refractivity contribution < 1.29 is 19.1 Å². The summed E-state index contributed by atoms with van der Waals surface area (Å²) in [6.07, 6.45) is 5.60. The zero-order chi connectivity index (χ0) is 28.2. The molecule has 2 aliphatic carbocycles. The average molecular weight is 535 g/mol.